The molecule has 0 aliphatic rings. The molecule has 1 heterocycles. The van der Waals surface area contributed by atoms with Crippen molar-refractivity contribution in [1.29, 1.82) is 0 Å². The van der Waals surface area contributed by atoms with Crippen molar-refractivity contribution in [2.45, 2.75) is 33.2 Å². The van der Waals surface area contributed by atoms with E-state index >= 15 is 0 Å². The summed E-state index contributed by atoms with van der Waals surface area (Å²) in [4.78, 5) is 12.9. The van der Waals surface area contributed by atoms with Crippen LogP contribution in [-0.2, 0) is 17.8 Å². The van der Waals surface area contributed by atoms with Crippen molar-refractivity contribution in [3.8, 4) is 0 Å². The zero-order chi connectivity index (χ0) is 15.2. The predicted molar refractivity (Wildman–Crippen MR) is 82.6 cm³/mol. The summed E-state index contributed by atoms with van der Waals surface area (Å²) in [6, 6.07) is 11.9. The largest absolute Gasteiger partial charge is 0.481 e. The first-order valence-corrected chi connectivity index (χ1v) is 7.20. The van der Waals surface area contributed by atoms with E-state index in [2.05, 4.69) is 4.90 Å². The van der Waals surface area contributed by atoms with Crippen LogP contribution in [0.5, 0.6) is 0 Å². The van der Waals surface area contributed by atoms with Crippen molar-refractivity contribution >= 4 is 11.7 Å². The van der Waals surface area contributed by atoms with Crippen LogP contribution in [0.15, 0.2) is 40.8 Å². The minimum Gasteiger partial charge on any atom is -0.481 e. The number of aryl methyl sites for hydroxylation is 2. The number of carboxylic acids is 1. The molecule has 1 aromatic carbocycles. The number of anilines is 1. The van der Waals surface area contributed by atoms with Crippen molar-refractivity contribution in [2.75, 3.05) is 11.4 Å². The number of rotatable bonds is 7. The summed E-state index contributed by atoms with van der Waals surface area (Å²) < 4.78 is 5.74. The number of aliphatic carboxylic acids is 1. The van der Waals surface area contributed by atoms with E-state index in [9.17, 15) is 4.79 Å². The van der Waals surface area contributed by atoms with Gasteiger partial charge in [-0.1, -0.05) is 25.1 Å². The summed E-state index contributed by atoms with van der Waals surface area (Å²) in [5, 5.41) is 8.94. The van der Waals surface area contributed by atoms with E-state index in [1.165, 1.54) is 0 Å². The summed E-state index contributed by atoms with van der Waals surface area (Å²) in [5.41, 5.74) is 2.18. The van der Waals surface area contributed by atoms with Gasteiger partial charge in [-0.2, -0.15) is 0 Å². The molecule has 0 atom stereocenters. The van der Waals surface area contributed by atoms with Crippen LogP contribution in [0, 0.1) is 6.92 Å². The summed E-state index contributed by atoms with van der Waals surface area (Å²) in [5.74, 6) is 1.02. The molecule has 0 unspecified atom stereocenters. The molecule has 0 saturated carbocycles. The fourth-order valence-electron chi connectivity index (χ4n) is 2.32. The summed E-state index contributed by atoms with van der Waals surface area (Å²) in [6.07, 6.45) is 0.967. The Morgan fingerprint density at radius 2 is 1.90 bits per heavy atom. The number of benzene rings is 1. The number of hydrogen-bond acceptors (Lipinski definition) is 3. The quantitative estimate of drug-likeness (QED) is 0.845. The van der Waals surface area contributed by atoms with Crippen molar-refractivity contribution in [2.24, 2.45) is 0 Å². The molecule has 0 bridgehead atoms. The van der Waals surface area contributed by atoms with Gasteiger partial charge in [-0.05, 0) is 30.7 Å². The van der Waals surface area contributed by atoms with Crippen LogP contribution in [0.3, 0.4) is 0 Å². The molecule has 1 N–H and O–H groups in total. The monoisotopic (exact) mass is 287 g/mol. The highest BCUT2D eigenvalue weighted by atomic mass is 16.4. The molecular formula is C17H21NO3. The maximum absolute atomic E-state index is 10.9. The van der Waals surface area contributed by atoms with E-state index in [0.717, 1.165) is 29.2 Å². The average molecular weight is 287 g/mol. The molecule has 4 heteroatoms. The topological polar surface area (TPSA) is 53.7 Å². The van der Waals surface area contributed by atoms with Gasteiger partial charge in [-0.25, -0.2) is 0 Å². The van der Waals surface area contributed by atoms with Gasteiger partial charge in [0.05, 0.1) is 13.0 Å². The van der Waals surface area contributed by atoms with Crippen molar-refractivity contribution in [3.63, 3.8) is 0 Å². The number of hydrogen-bond donors (Lipinski definition) is 1. The number of carboxylic acid groups (broad SMARTS) is 1. The summed E-state index contributed by atoms with van der Waals surface area (Å²) >= 11 is 0. The smallest absolute Gasteiger partial charge is 0.305 e. The fourth-order valence-corrected chi connectivity index (χ4v) is 2.32. The van der Waals surface area contributed by atoms with Crippen LogP contribution in [0.4, 0.5) is 5.69 Å². The van der Waals surface area contributed by atoms with Gasteiger partial charge >= 0.3 is 5.97 Å². The number of carbonyl (C=O) groups is 1. The maximum atomic E-state index is 10.9. The molecule has 0 aliphatic heterocycles. The lowest BCUT2D eigenvalue weighted by molar-refractivity contribution is -0.136. The van der Waals surface area contributed by atoms with Crippen LogP contribution >= 0.6 is 0 Å². The van der Waals surface area contributed by atoms with Crippen molar-refractivity contribution in [3.05, 3.63) is 53.5 Å². The highest BCUT2D eigenvalue weighted by molar-refractivity contribution is 5.68. The van der Waals surface area contributed by atoms with Gasteiger partial charge in [0, 0.05) is 18.7 Å². The van der Waals surface area contributed by atoms with E-state index in [1.807, 2.05) is 50.2 Å². The Balaban J connectivity index is 2.19. The van der Waals surface area contributed by atoms with Gasteiger partial charge in [-0.15, -0.1) is 0 Å². The molecule has 112 valence electrons. The Labute approximate surface area is 125 Å². The Kier molecular flexibility index (Phi) is 5.04. The Morgan fingerprint density at radius 3 is 2.52 bits per heavy atom. The van der Waals surface area contributed by atoms with Crippen LogP contribution in [0.1, 0.15) is 30.4 Å². The fraction of sp³-hybridized carbons (Fsp3) is 0.353. The molecule has 1 aromatic heterocycles. The van der Waals surface area contributed by atoms with Crippen molar-refractivity contribution in [1.82, 2.24) is 0 Å². The first-order valence-electron chi connectivity index (χ1n) is 7.20. The second-order valence-corrected chi connectivity index (χ2v) is 5.07. The molecule has 2 rings (SSSR count). The molecule has 2 aromatic rings. The zero-order valence-electron chi connectivity index (χ0n) is 12.5. The third-order valence-corrected chi connectivity index (χ3v) is 3.46. The van der Waals surface area contributed by atoms with Gasteiger partial charge in [-0.3, -0.25) is 4.79 Å². The lowest BCUT2D eigenvalue weighted by Crippen LogP contribution is -2.26. The summed E-state index contributed by atoms with van der Waals surface area (Å²) in [7, 11) is 0. The molecule has 0 amide bonds. The van der Waals surface area contributed by atoms with Crippen molar-refractivity contribution < 1.29 is 14.3 Å². The Bertz CT molecular complexity index is 604. The first-order chi connectivity index (χ1) is 10.1. The van der Waals surface area contributed by atoms with E-state index in [-0.39, 0.29) is 6.42 Å². The van der Waals surface area contributed by atoms with E-state index in [4.69, 9.17) is 9.52 Å². The number of nitrogens with zero attached hydrogens (tertiary/aromatic N) is 1. The molecule has 21 heavy (non-hydrogen) atoms. The molecular weight excluding hydrogens is 266 g/mol. The molecule has 0 fully saturated rings. The predicted octanol–water partition coefficient (Wildman–Crippen LogP) is 3.63. The number of para-hydroxylation sites is 1. The second-order valence-electron chi connectivity index (χ2n) is 5.07. The zero-order valence-corrected chi connectivity index (χ0v) is 12.5. The molecule has 0 saturated heterocycles. The summed E-state index contributed by atoms with van der Waals surface area (Å²) in [6.45, 7) is 5.12. The third-order valence-electron chi connectivity index (χ3n) is 3.46. The molecule has 0 radical (unpaired) electrons. The standard InChI is InChI=1S/C17H21NO3/c1-3-14-8-9-15(21-14)12-18(11-10-17(19)20)16-7-5-4-6-13(16)2/h4-9H,3,10-12H2,1-2H3,(H,19,20). The van der Waals surface area contributed by atoms with Crippen LogP contribution in [0.2, 0.25) is 0 Å². The van der Waals surface area contributed by atoms with Crippen LogP contribution in [0.25, 0.3) is 0 Å². The SMILES string of the molecule is CCc1ccc(CN(CCC(=O)O)c2ccccc2C)o1. The average Bonchev–Trinajstić information content (AvgIpc) is 2.92. The van der Waals surface area contributed by atoms with Crippen LogP contribution < -0.4 is 4.90 Å². The van der Waals surface area contributed by atoms with Crippen LogP contribution in [-0.4, -0.2) is 17.6 Å². The molecule has 0 aliphatic carbocycles. The van der Waals surface area contributed by atoms with Gasteiger partial charge in [0.1, 0.15) is 11.5 Å². The lowest BCUT2D eigenvalue weighted by atomic mass is 10.1. The van der Waals surface area contributed by atoms with Gasteiger partial charge in [0.2, 0.25) is 0 Å². The Hall–Kier alpha value is -2.23. The van der Waals surface area contributed by atoms with E-state index < -0.39 is 5.97 Å². The number of furan rings is 1. The second kappa shape index (κ2) is 6.97. The third kappa shape index (κ3) is 4.12. The first kappa shape index (κ1) is 15.2. The van der Waals surface area contributed by atoms with Gasteiger partial charge < -0.3 is 14.4 Å². The highest BCUT2D eigenvalue weighted by Crippen LogP contribution is 2.22. The Morgan fingerprint density at radius 1 is 1.19 bits per heavy atom. The van der Waals surface area contributed by atoms with Gasteiger partial charge in [0.15, 0.2) is 0 Å². The molecule has 4 nitrogen and oxygen atoms in total. The minimum absolute atomic E-state index is 0.107. The highest BCUT2D eigenvalue weighted by Gasteiger charge is 2.13. The van der Waals surface area contributed by atoms with E-state index in [1.54, 1.807) is 0 Å². The minimum atomic E-state index is -0.790. The van der Waals surface area contributed by atoms with Gasteiger partial charge in [0.25, 0.3) is 0 Å². The maximum Gasteiger partial charge on any atom is 0.305 e. The lowest BCUT2D eigenvalue weighted by Gasteiger charge is -2.25. The molecule has 0 spiro atoms. The normalized spacial score (nSPS) is 10.6. The van der Waals surface area contributed by atoms with E-state index in [0.29, 0.717) is 13.1 Å².